The molecule has 1 aliphatic heterocycles. The first-order valence-corrected chi connectivity index (χ1v) is 4.97. The molecule has 1 aliphatic rings. The number of hydrogen-bond acceptors (Lipinski definition) is 4. The van der Waals surface area contributed by atoms with E-state index in [9.17, 15) is 4.79 Å². The number of aliphatic hydroxyl groups is 1. The first kappa shape index (κ1) is 10.8. The molecule has 5 nitrogen and oxygen atoms in total. The predicted molar refractivity (Wildman–Crippen MR) is 58.2 cm³/mol. The van der Waals surface area contributed by atoms with Crippen LogP contribution in [0, 0.1) is 0 Å². The molecule has 1 atom stereocenters. The number of benzene rings is 1. The highest BCUT2D eigenvalue weighted by Gasteiger charge is 2.24. The summed E-state index contributed by atoms with van der Waals surface area (Å²) < 4.78 is 5.44. The van der Waals surface area contributed by atoms with E-state index in [1.165, 1.54) is 6.07 Å². The Morgan fingerprint density at radius 3 is 3.00 bits per heavy atom. The van der Waals surface area contributed by atoms with Gasteiger partial charge in [-0.3, -0.25) is 0 Å². The van der Waals surface area contributed by atoms with E-state index in [1.807, 2.05) is 11.9 Å². The number of carboxylic acids is 1. The van der Waals surface area contributed by atoms with Crippen LogP contribution in [0.3, 0.4) is 0 Å². The Labute approximate surface area is 92.9 Å². The van der Waals surface area contributed by atoms with Gasteiger partial charge in [0.15, 0.2) is 0 Å². The van der Waals surface area contributed by atoms with Crippen molar-refractivity contribution in [2.75, 3.05) is 25.2 Å². The molecule has 0 saturated heterocycles. The van der Waals surface area contributed by atoms with Gasteiger partial charge in [-0.15, -0.1) is 0 Å². The molecule has 2 N–H and O–H groups in total. The lowest BCUT2D eigenvalue weighted by atomic mass is 10.1. The largest absolute Gasteiger partial charge is 0.489 e. The first-order valence-electron chi connectivity index (χ1n) is 4.97. The van der Waals surface area contributed by atoms with Gasteiger partial charge in [0.25, 0.3) is 0 Å². The summed E-state index contributed by atoms with van der Waals surface area (Å²) in [6.07, 6.45) is 0. The highest BCUT2D eigenvalue weighted by molar-refractivity contribution is 5.89. The molecule has 1 aromatic rings. The Balaban J connectivity index is 2.40. The van der Waals surface area contributed by atoms with Gasteiger partial charge in [0, 0.05) is 7.05 Å². The van der Waals surface area contributed by atoms with E-state index >= 15 is 0 Å². The molecule has 0 aliphatic carbocycles. The van der Waals surface area contributed by atoms with Crippen LogP contribution in [-0.2, 0) is 0 Å². The lowest BCUT2D eigenvalue weighted by molar-refractivity contribution is 0.0697. The summed E-state index contributed by atoms with van der Waals surface area (Å²) in [5, 5.41) is 18.0. The van der Waals surface area contributed by atoms with Gasteiger partial charge in [0.05, 0.1) is 23.9 Å². The number of nitrogens with zero attached hydrogens (tertiary/aromatic N) is 1. The Bertz CT molecular complexity index is 418. The Kier molecular flexibility index (Phi) is 2.70. The summed E-state index contributed by atoms with van der Waals surface area (Å²) in [7, 11) is 1.81. The predicted octanol–water partition coefficient (Wildman–Crippen LogP) is 0.574. The second-order valence-corrected chi connectivity index (χ2v) is 3.75. The minimum Gasteiger partial charge on any atom is -0.489 e. The molecule has 2 rings (SSSR count). The number of likely N-dealkylation sites (N-methyl/N-ethyl adjacent to an activating group) is 1. The maximum absolute atomic E-state index is 10.8. The number of aliphatic hydroxyl groups excluding tert-OH is 1. The van der Waals surface area contributed by atoms with Crippen molar-refractivity contribution in [3.8, 4) is 5.75 Å². The van der Waals surface area contributed by atoms with Crippen LogP contribution in [0.2, 0.25) is 0 Å². The van der Waals surface area contributed by atoms with E-state index in [0.717, 1.165) is 0 Å². The van der Waals surface area contributed by atoms with Crippen molar-refractivity contribution in [2.45, 2.75) is 6.04 Å². The zero-order valence-electron chi connectivity index (χ0n) is 8.88. The van der Waals surface area contributed by atoms with Gasteiger partial charge in [-0.25, -0.2) is 4.79 Å². The van der Waals surface area contributed by atoms with Gasteiger partial charge < -0.3 is 19.8 Å². The van der Waals surface area contributed by atoms with Crippen LogP contribution < -0.4 is 9.64 Å². The number of aromatic carboxylic acids is 1. The summed E-state index contributed by atoms with van der Waals surface area (Å²) in [6, 6.07) is 4.58. The average Bonchev–Trinajstić information content (AvgIpc) is 2.29. The number of anilines is 1. The van der Waals surface area contributed by atoms with Crippen molar-refractivity contribution >= 4 is 11.7 Å². The monoisotopic (exact) mass is 223 g/mol. The molecule has 0 saturated carbocycles. The molecule has 5 heteroatoms. The lowest BCUT2D eigenvalue weighted by Gasteiger charge is -2.34. The summed E-state index contributed by atoms with van der Waals surface area (Å²) in [4.78, 5) is 12.7. The maximum Gasteiger partial charge on any atom is 0.335 e. The smallest absolute Gasteiger partial charge is 0.335 e. The quantitative estimate of drug-likeness (QED) is 0.767. The van der Waals surface area contributed by atoms with E-state index < -0.39 is 5.97 Å². The Morgan fingerprint density at radius 1 is 1.62 bits per heavy atom. The molecule has 16 heavy (non-hydrogen) atoms. The molecule has 0 bridgehead atoms. The van der Waals surface area contributed by atoms with Crippen LogP contribution in [0.15, 0.2) is 18.2 Å². The van der Waals surface area contributed by atoms with Gasteiger partial charge >= 0.3 is 5.97 Å². The second kappa shape index (κ2) is 4.02. The molecule has 1 unspecified atom stereocenters. The first-order chi connectivity index (χ1) is 7.63. The number of carbonyl (C=O) groups is 1. The van der Waals surface area contributed by atoms with Gasteiger partial charge in [0.2, 0.25) is 0 Å². The number of hydrogen-bond donors (Lipinski definition) is 2. The third-order valence-electron chi connectivity index (χ3n) is 2.78. The number of fused-ring (bicyclic) bond motifs is 1. The molecule has 86 valence electrons. The molecule has 0 fully saturated rings. The minimum absolute atomic E-state index is 0.0206. The van der Waals surface area contributed by atoms with Crippen LogP contribution in [0.25, 0.3) is 0 Å². The van der Waals surface area contributed by atoms with Crippen LogP contribution in [0.4, 0.5) is 5.69 Å². The Morgan fingerprint density at radius 2 is 2.38 bits per heavy atom. The Hall–Kier alpha value is -1.75. The van der Waals surface area contributed by atoms with Gasteiger partial charge in [-0.2, -0.15) is 0 Å². The standard InChI is InChI=1S/C11H13NO4/c1-12-8(5-13)6-16-10-3-2-7(11(14)15)4-9(10)12/h2-4,8,13H,5-6H2,1H3,(H,14,15). The number of carboxylic acid groups (broad SMARTS) is 1. The molecular weight excluding hydrogens is 210 g/mol. The highest BCUT2D eigenvalue weighted by Crippen LogP contribution is 2.33. The summed E-state index contributed by atoms with van der Waals surface area (Å²) in [6.45, 7) is 0.389. The topological polar surface area (TPSA) is 70.0 Å². The molecule has 0 radical (unpaired) electrons. The fraction of sp³-hybridized carbons (Fsp3) is 0.364. The van der Waals surface area contributed by atoms with Crippen LogP contribution >= 0.6 is 0 Å². The average molecular weight is 223 g/mol. The van der Waals surface area contributed by atoms with E-state index in [1.54, 1.807) is 12.1 Å². The highest BCUT2D eigenvalue weighted by atomic mass is 16.5. The van der Waals surface area contributed by atoms with Crippen LogP contribution in [0.1, 0.15) is 10.4 Å². The van der Waals surface area contributed by atoms with Crippen molar-refractivity contribution in [3.63, 3.8) is 0 Å². The fourth-order valence-electron chi connectivity index (χ4n) is 1.72. The molecule has 1 heterocycles. The minimum atomic E-state index is -0.970. The normalized spacial score (nSPS) is 18.9. The second-order valence-electron chi connectivity index (χ2n) is 3.75. The molecule has 0 amide bonds. The van der Waals surface area contributed by atoms with Crippen molar-refractivity contribution in [3.05, 3.63) is 23.8 Å². The lowest BCUT2D eigenvalue weighted by Crippen LogP contribution is -2.42. The van der Waals surface area contributed by atoms with Crippen molar-refractivity contribution in [2.24, 2.45) is 0 Å². The fourth-order valence-corrected chi connectivity index (χ4v) is 1.72. The van der Waals surface area contributed by atoms with E-state index in [4.69, 9.17) is 14.9 Å². The summed E-state index contributed by atoms with van der Waals surface area (Å²) >= 11 is 0. The van der Waals surface area contributed by atoms with Crippen LogP contribution in [0.5, 0.6) is 5.75 Å². The van der Waals surface area contributed by atoms with Gasteiger partial charge in [0.1, 0.15) is 12.4 Å². The van der Waals surface area contributed by atoms with Gasteiger partial charge in [-0.1, -0.05) is 0 Å². The van der Waals surface area contributed by atoms with E-state index in [2.05, 4.69) is 0 Å². The summed E-state index contributed by atoms with van der Waals surface area (Å²) in [5.74, 6) is -0.320. The van der Waals surface area contributed by atoms with Crippen molar-refractivity contribution in [1.29, 1.82) is 0 Å². The van der Waals surface area contributed by atoms with Gasteiger partial charge in [-0.05, 0) is 18.2 Å². The third-order valence-corrected chi connectivity index (χ3v) is 2.78. The number of rotatable bonds is 2. The summed E-state index contributed by atoms with van der Waals surface area (Å²) in [5.41, 5.74) is 0.915. The third kappa shape index (κ3) is 1.69. The molecule has 0 spiro atoms. The van der Waals surface area contributed by atoms with Crippen molar-refractivity contribution < 1.29 is 19.7 Å². The SMILES string of the molecule is CN1c2cc(C(=O)O)ccc2OCC1CO. The van der Waals surface area contributed by atoms with E-state index in [0.29, 0.717) is 18.0 Å². The molecular formula is C11H13NO4. The van der Waals surface area contributed by atoms with Crippen LogP contribution in [-0.4, -0.2) is 42.5 Å². The zero-order chi connectivity index (χ0) is 11.7. The molecule has 0 aromatic heterocycles. The molecule has 1 aromatic carbocycles. The van der Waals surface area contributed by atoms with E-state index in [-0.39, 0.29) is 18.2 Å². The number of ether oxygens (including phenoxy) is 1. The maximum atomic E-state index is 10.8. The zero-order valence-corrected chi connectivity index (χ0v) is 8.88. The van der Waals surface area contributed by atoms with Crippen molar-refractivity contribution in [1.82, 2.24) is 0 Å².